The Kier molecular flexibility index (Phi) is 5.36. The Labute approximate surface area is 131 Å². The van der Waals surface area contributed by atoms with Crippen LogP contribution >= 0.6 is 0 Å². The maximum absolute atomic E-state index is 12.1. The largest absolute Gasteiger partial charge is 0.425 e. The van der Waals surface area contributed by atoms with Crippen LogP contribution in [-0.2, 0) is 9.59 Å². The van der Waals surface area contributed by atoms with Crippen molar-refractivity contribution in [3.05, 3.63) is 41.6 Å². The molecule has 1 aliphatic carbocycles. The molecule has 1 N–H and O–H groups in total. The smallest absolute Gasteiger partial charge is 0.333 e. The second-order valence-electron chi connectivity index (χ2n) is 6.08. The highest BCUT2D eigenvalue weighted by Crippen LogP contribution is 2.26. The molecular weight excluding hydrogens is 278 g/mol. The number of para-hydroxylation sites is 1. The molecule has 1 unspecified atom stereocenters. The molecule has 0 saturated heterocycles. The van der Waals surface area contributed by atoms with E-state index in [1.165, 1.54) is 0 Å². The van der Waals surface area contributed by atoms with Crippen molar-refractivity contribution in [2.24, 2.45) is 5.92 Å². The van der Waals surface area contributed by atoms with E-state index >= 15 is 0 Å². The monoisotopic (exact) mass is 301 g/mol. The predicted octanol–water partition coefficient (Wildman–Crippen LogP) is 3.23. The van der Waals surface area contributed by atoms with Crippen LogP contribution in [0, 0.1) is 5.92 Å². The zero-order chi connectivity index (χ0) is 16.1. The van der Waals surface area contributed by atoms with Crippen molar-refractivity contribution in [2.75, 3.05) is 0 Å². The number of carbonyl (C=O) groups excluding carboxylic acids is 2. The number of carbonyl (C=O) groups is 2. The average Bonchev–Trinajstić information content (AvgIpc) is 2.80. The molecule has 22 heavy (non-hydrogen) atoms. The van der Waals surface area contributed by atoms with Gasteiger partial charge >= 0.3 is 5.97 Å². The van der Waals surface area contributed by atoms with E-state index in [2.05, 4.69) is 19.2 Å². The SMILES string of the molecule is CC(C)CC1=C(NC(C)C(=O)Oc2ccccc2)CCC1=O. The van der Waals surface area contributed by atoms with Gasteiger partial charge in [0, 0.05) is 17.7 Å². The second kappa shape index (κ2) is 7.25. The van der Waals surface area contributed by atoms with Gasteiger partial charge in [0.25, 0.3) is 0 Å². The van der Waals surface area contributed by atoms with Crippen LogP contribution in [0.25, 0.3) is 0 Å². The minimum absolute atomic E-state index is 0.194. The maximum atomic E-state index is 12.1. The summed E-state index contributed by atoms with van der Waals surface area (Å²) in [6.45, 7) is 5.93. The van der Waals surface area contributed by atoms with Crippen LogP contribution in [0.1, 0.15) is 40.0 Å². The van der Waals surface area contributed by atoms with Gasteiger partial charge in [-0.05, 0) is 37.8 Å². The summed E-state index contributed by atoms with van der Waals surface area (Å²) >= 11 is 0. The van der Waals surface area contributed by atoms with Gasteiger partial charge in [-0.25, -0.2) is 4.79 Å². The zero-order valence-electron chi connectivity index (χ0n) is 13.4. The highest BCUT2D eigenvalue weighted by Gasteiger charge is 2.26. The van der Waals surface area contributed by atoms with Crippen molar-refractivity contribution in [2.45, 2.75) is 46.1 Å². The Morgan fingerprint density at radius 3 is 2.50 bits per heavy atom. The number of hydrogen-bond acceptors (Lipinski definition) is 4. The third kappa shape index (κ3) is 4.20. The van der Waals surface area contributed by atoms with E-state index in [1.54, 1.807) is 19.1 Å². The Bertz CT molecular complexity index is 575. The average molecular weight is 301 g/mol. The Hall–Kier alpha value is -2.10. The molecule has 4 nitrogen and oxygen atoms in total. The third-order valence-electron chi connectivity index (χ3n) is 3.62. The van der Waals surface area contributed by atoms with Crippen LogP contribution in [0.15, 0.2) is 41.6 Å². The van der Waals surface area contributed by atoms with E-state index in [-0.39, 0.29) is 11.8 Å². The van der Waals surface area contributed by atoms with Gasteiger partial charge in [-0.15, -0.1) is 0 Å². The lowest BCUT2D eigenvalue weighted by atomic mass is 10.0. The van der Waals surface area contributed by atoms with Gasteiger partial charge in [0.05, 0.1) is 0 Å². The fraction of sp³-hybridized carbons (Fsp3) is 0.444. The van der Waals surface area contributed by atoms with Gasteiger partial charge in [-0.1, -0.05) is 32.0 Å². The summed E-state index contributed by atoms with van der Waals surface area (Å²) in [7, 11) is 0. The van der Waals surface area contributed by atoms with Crippen molar-refractivity contribution < 1.29 is 14.3 Å². The quantitative estimate of drug-likeness (QED) is 0.647. The van der Waals surface area contributed by atoms with Crippen molar-refractivity contribution in [3.8, 4) is 5.75 Å². The summed E-state index contributed by atoms with van der Waals surface area (Å²) in [5, 5.41) is 3.17. The van der Waals surface area contributed by atoms with E-state index in [4.69, 9.17) is 4.74 Å². The molecule has 0 saturated carbocycles. The first kappa shape index (κ1) is 16.3. The first-order valence-corrected chi connectivity index (χ1v) is 7.76. The number of benzene rings is 1. The minimum Gasteiger partial charge on any atom is -0.425 e. The Morgan fingerprint density at radius 2 is 1.86 bits per heavy atom. The highest BCUT2D eigenvalue weighted by molar-refractivity contribution is 5.98. The van der Waals surface area contributed by atoms with Crippen LogP contribution in [-0.4, -0.2) is 17.8 Å². The van der Waals surface area contributed by atoms with Crippen molar-refractivity contribution in [1.82, 2.24) is 5.32 Å². The van der Waals surface area contributed by atoms with Gasteiger partial charge in [0.1, 0.15) is 11.8 Å². The summed E-state index contributed by atoms with van der Waals surface area (Å²) in [6.07, 6.45) is 1.97. The van der Waals surface area contributed by atoms with Crippen LogP contribution in [0.2, 0.25) is 0 Å². The molecule has 4 heteroatoms. The molecule has 118 valence electrons. The molecule has 0 bridgehead atoms. The molecule has 2 rings (SSSR count). The fourth-order valence-electron chi connectivity index (χ4n) is 2.53. The molecule has 1 aliphatic rings. The van der Waals surface area contributed by atoms with Gasteiger partial charge in [0.2, 0.25) is 0 Å². The van der Waals surface area contributed by atoms with E-state index in [0.29, 0.717) is 24.5 Å². The lowest BCUT2D eigenvalue weighted by Crippen LogP contribution is -2.36. The summed E-state index contributed by atoms with van der Waals surface area (Å²) in [5.74, 6) is 0.794. The van der Waals surface area contributed by atoms with Crippen LogP contribution in [0.4, 0.5) is 0 Å². The summed E-state index contributed by atoms with van der Waals surface area (Å²) in [5.41, 5.74) is 1.74. The number of nitrogens with one attached hydrogen (secondary N) is 1. The van der Waals surface area contributed by atoms with E-state index in [0.717, 1.165) is 17.7 Å². The normalized spacial score (nSPS) is 16.1. The van der Waals surface area contributed by atoms with E-state index in [9.17, 15) is 9.59 Å². The molecule has 1 aromatic rings. The van der Waals surface area contributed by atoms with Crippen molar-refractivity contribution in [3.63, 3.8) is 0 Å². The second-order valence-corrected chi connectivity index (χ2v) is 6.08. The topological polar surface area (TPSA) is 55.4 Å². The number of ether oxygens (including phenoxy) is 1. The van der Waals surface area contributed by atoms with Gasteiger partial charge in [0.15, 0.2) is 5.78 Å². The number of allylic oxidation sites excluding steroid dienone is 2. The van der Waals surface area contributed by atoms with Gasteiger partial charge in [-0.2, -0.15) is 0 Å². The summed E-state index contributed by atoms with van der Waals surface area (Å²) in [6, 6.07) is 8.51. The van der Waals surface area contributed by atoms with Gasteiger partial charge in [-0.3, -0.25) is 4.79 Å². The third-order valence-corrected chi connectivity index (χ3v) is 3.62. The molecule has 1 aromatic carbocycles. The van der Waals surface area contributed by atoms with Crippen molar-refractivity contribution >= 4 is 11.8 Å². The minimum atomic E-state index is -0.483. The maximum Gasteiger partial charge on any atom is 0.333 e. The fourth-order valence-corrected chi connectivity index (χ4v) is 2.53. The zero-order valence-corrected chi connectivity index (χ0v) is 13.4. The molecule has 0 radical (unpaired) electrons. The standard InChI is InChI=1S/C18H23NO3/c1-12(2)11-15-16(9-10-17(15)20)19-13(3)18(21)22-14-7-5-4-6-8-14/h4-8,12-13,19H,9-11H2,1-3H3. The predicted molar refractivity (Wildman–Crippen MR) is 85.4 cm³/mol. The highest BCUT2D eigenvalue weighted by atomic mass is 16.5. The molecule has 1 atom stereocenters. The van der Waals surface area contributed by atoms with Gasteiger partial charge < -0.3 is 10.1 Å². The number of ketones is 1. The van der Waals surface area contributed by atoms with Crippen LogP contribution < -0.4 is 10.1 Å². The molecule has 0 aromatic heterocycles. The van der Waals surface area contributed by atoms with E-state index < -0.39 is 6.04 Å². The summed E-state index contributed by atoms with van der Waals surface area (Å²) in [4.78, 5) is 24.1. The molecular formula is C18H23NO3. The molecule has 0 amide bonds. The Balaban J connectivity index is 2.01. The number of hydrogen-bond donors (Lipinski definition) is 1. The number of esters is 1. The van der Waals surface area contributed by atoms with Crippen molar-refractivity contribution in [1.29, 1.82) is 0 Å². The molecule has 0 fully saturated rings. The Morgan fingerprint density at radius 1 is 1.18 bits per heavy atom. The summed E-state index contributed by atoms with van der Waals surface area (Å²) < 4.78 is 5.32. The first-order valence-electron chi connectivity index (χ1n) is 7.76. The number of Topliss-reactive ketones (excluding diaryl/α,β-unsaturated/α-hetero) is 1. The lowest BCUT2D eigenvalue weighted by molar-refractivity contribution is -0.136. The first-order chi connectivity index (χ1) is 10.5. The van der Waals surface area contributed by atoms with E-state index in [1.807, 2.05) is 18.2 Å². The lowest BCUT2D eigenvalue weighted by Gasteiger charge is -2.17. The molecule has 0 aliphatic heterocycles. The molecule has 0 spiro atoms. The number of rotatable bonds is 6. The molecule has 0 heterocycles. The van der Waals surface area contributed by atoms with Crippen LogP contribution in [0.3, 0.4) is 0 Å². The van der Waals surface area contributed by atoms with Crippen LogP contribution in [0.5, 0.6) is 5.75 Å².